The summed E-state index contributed by atoms with van der Waals surface area (Å²) in [5.74, 6) is -0.277. The number of hydrogen-bond donors (Lipinski definition) is 1. The molecule has 4 aromatic rings. The van der Waals surface area contributed by atoms with Crippen LogP contribution in [0.5, 0.6) is 0 Å². The first-order valence-corrected chi connectivity index (χ1v) is 9.73. The molecule has 0 spiro atoms. The largest absolute Gasteiger partial charge is 0.306 e. The molecular formula is C22H21ClFN5. The third kappa shape index (κ3) is 4.09. The molecule has 4 rings (SSSR count). The van der Waals surface area contributed by atoms with Crippen LogP contribution in [-0.4, -0.2) is 19.6 Å². The Morgan fingerprint density at radius 1 is 1.10 bits per heavy atom. The maximum Gasteiger partial charge on any atom is 0.125 e. The predicted octanol–water partition coefficient (Wildman–Crippen LogP) is 5.01. The van der Waals surface area contributed by atoms with Crippen molar-refractivity contribution in [3.63, 3.8) is 0 Å². The molecule has 2 aromatic carbocycles. The molecule has 1 N–H and O–H groups in total. The van der Waals surface area contributed by atoms with Gasteiger partial charge in [0.15, 0.2) is 0 Å². The van der Waals surface area contributed by atoms with Gasteiger partial charge in [-0.25, -0.2) is 13.8 Å². The van der Waals surface area contributed by atoms with Crippen LogP contribution in [0.2, 0.25) is 5.02 Å². The first kappa shape index (κ1) is 19.4. The average Bonchev–Trinajstić information content (AvgIpc) is 3.33. The van der Waals surface area contributed by atoms with E-state index < -0.39 is 0 Å². The summed E-state index contributed by atoms with van der Waals surface area (Å²) in [4.78, 5) is 0. The number of halogens is 2. The van der Waals surface area contributed by atoms with E-state index in [0.29, 0.717) is 17.3 Å². The molecule has 0 saturated carbocycles. The zero-order valence-corrected chi connectivity index (χ0v) is 16.9. The molecule has 0 bridgehead atoms. The van der Waals surface area contributed by atoms with E-state index in [1.807, 2.05) is 55.8 Å². The summed E-state index contributed by atoms with van der Waals surface area (Å²) in [6, 6.07) is 14.1. The lowest BCUT2D eigenvalue weighted by Crippen LogP contribution is -2.18. The van der Waals surface area contributed by atoms with Crippen LogP contribution in [0.25, 0.3) is 11.4 Å². The SMILES string of the molecule is Cc1c([C@H](C)NCc2cnn(-c3ccccc3Cl)c2)cnn1-c1cccc(F)c1. The number of aromatic nitrogens is 4. The molecular weight excluding hydrogens is 389 g/mol. The zero-order valence-electron chi connectivity index (χ0n) is 16.2. The van der Waals surface area contributed by atoms with Gasteiger partial charge in [0.1, 0.15) is 5.82 Å². The van der Waals surface area contributed by atoms with Gasteiger partial charge < -0.3 is 5.32 Å². The van der Waals surface area contributed by atoms with Crippen molar-refractivity contribution in [1.29, 1.82) is 0 Å². The van der Waals surface area contributed by atoms with E-state index in [1.54, 1.807) is 15.4 Å². The fourth-order valence-electron chi connectivity index (χ4n) is 3.32. The molecule has 0 fully saturated rings. The summed E-state index contributed by atoms with van der Waals surface area (Å²) >= 11 is 6.25. The molecule has 2 heterocycles. The van der Waals surface area contributed by atoms with E-state index in [9.17, 15) is 4.39 Å². The summed E-state index contributed by atoms with van der Waals surface area (Å²) in [6.45, 7) is 4.72. The predicted molar refractivity (Wildman–Crippen MR) is 112 cm³/mol. The molecule has 148 valence electrons. The van der Waals surface area contributed by atoms with Crippen molar-refractivity contribution >= 4 is 11.6 Å². The van der Waals surface area contributed by atoms with Gasteiger partial charge in [0.2, 0.25) is 0 Å². The minimum Gasteiger partial charge on any atom is -0.306 e. The number of nitrogens with zero attached hydrogens (tertiary/aromatic N) is 4. The lowest BCUT2D eigenvalue weighted by Gasteiger charge is -2.13. The maximum atomic E-state index is 13.5. The quantitative estimate of drug-likeness (QED) is 0.487. The molecule has 7 heteroatoms. The number of nitrogens with one attached hydrogen (secondary N) is 1. The maximum absolute atomic E-state index is 13.5. The lowest BCUT2D eigenvalue weighted by molar-refractivity contribution is 0.571. The minimum atomic E-state index is -0.277. The average molecular weight is 410 g/mol. The third-order valence-electron chi connectivity index (χ3n) is 4.91. The van der Waals surface area contributed by atoms with Crippen LogP contribution in [-0.2, 0) is 6.54 Å². The number of rotatable bonds is 6. The summed E-state index contributed by atoms with van der Waals surface area (Å²) in [5, 5.41) is 13.0. The van der Waals surface area contributed by atoms with Gasteiger partial charge in [-0.15, -0.1) is 0 Å². The topological polar surface area (TPSA) is 47.7 Å². The van der Waals surface area contributed by atoms with Crippen LogP contribution in [0.3, 0.4) is 0 Å². The fourth-order valence-corrected chi connectivity index (χ4v) is 3.54. The van der Waals surface area contributed by atoms with E-state index in [1.165, 1.54) is 12.1 Å². The molecule has 0 saturated heterocycles. The Hall–Kier alpha value is -2.96. The van der Waals surface area contributed by atoms with Gasteiger partial charge in [-0.3, -0.25) is 0 Å². The lowest BCUT2D eigenvalue weighted by atomic mass is 10.1. The summed E-state index contributed by atoms with van der Waals surface area (Å²) in [5.41, 5.74) is 4.64. The van der Waals surface area contributed by atoms with E-state index >= 15 is 0 Å². The van der Waals surface area contributed by atoms with Crippen molar-refractivity contribution in [1.82, 2.24) is 24.9 Å². The van der Waals surface area contributed by atoms with Crippen LogP contribution in [0.1, 0.15) is 29.8 Å². The highest BCUT2D eigenvalue weighted by molar-refractivity contribution is 6.32. The van der Waals surface area contributed by atoms with Crippen LogP contribution < -0.4 is 5.32 Å². The van der Waals surface area contributed by atoms with E-state index in [0.717, 1.165) is 22.5 Å². The van der Waals surface area contributed by atoms with Gasteiger partial charge in [0.25, 0.3) is 0 Å². The second-order valence-corrected chi connectivity index (χ2v) is 7.33. The van der Waals surface area contributed by atoms with Gasteiger partial charge in [-0.2, -0.15) is 10.2 Å². The van der Waals surface area contributed by atoms with Gasteiger partial charge in [-0.05, 0) is 44.2 Å². The molecule has 5 nitrogen and oxygen atoms in total. The van der Waals surface area contributed by atoms with Crippen molar-refractivity contribution in [3.8, 4) is 11.4 Å². The molecule has 29 heavy (non-hydrogen) atoms. The Balaban J connectivity index is 1.46. The molecule has 0 aliphatic carbocycles. The van der Waals surface area contributed by atoms with Gasteiger partial charge in [0.05, 0.1) is 28.8 Å². The Morgan fingerprint density at radius 2 is 1.93 bits per heavy atom. The summed E-state index contributed by atoms with van der Waals surface area (Å²) in [7, 11) is 0. The molecule has 1 atom stereocenters. The summed E-state index contributed by atoms with van der Waals surface area (Å²) in [6.07, 6.45) is 5.61. The highest BCUT2D eigenvalue weighted by Crippen LogP contribution is 2.22. The molecule has 0 unspecified atom stereocenters. The minimum absolute atomic E-state index is 0.0703. The van der Waals surface area contributed by atoms with Crippen molar-refractivity contribution in [2.24, 2.45) is 0 Å². The van der Waals surface area contributed by atoms with Crippen molar-refractivity contribution in [2.75, 3.05) is 0 Å². The molecule has 0 aliphatic heterocycles. The Kier molecular flexibility index (Phi) is 5.47. The van der Waals surface area contributed by atoms with Gasteiger partial charge >= 0.3 is 0 Å². The molecule has 2 aromatic heterocycles. The van der Waals surface area contributed by atoms with Crippen LogP contribution in [0.15, 0.2) is 67.1 Å². The molecule has 0 aliphatic rings. The van der Waals surface area contributed by atoms with Crippen molar-refractivity contribution in [2.45, 2.75) is 26.4 Å². The number of para-hydroxylation sites is 1. The standard InChI is InChI=1S/C22H21ClFN5/c1-15(20-13-27-29(16(20)2)19-7-5-6-18(24)10-19)25-11-17-12-26-28(14-17)22-9-4-3-8-21(22)23/h3-10,12-15,25H,11H2,1-2H3/t15-/m0/s1. The second kappa shape index (κ2) is 8.19. The Labute approximate surface area is 173 Å². The molecule has 0 amide bonds. The highest BCUT2D eigenvalue weighted by atomic mass is 35.5. The second-order valence-electron chi connectivity index (χ2n) is 6.92. The van der Waals surface area contributed by atoms with Gasteiger partial charge in [-0.1, -0.05) is 29.8 Å². The first-order valence-electron chi connectivity index (χ1n) is 9.35. The van der Waals surface area contributed by atoms with Crippen molar-refractivity contribution < 1.29 is 4.39 Å². The monoisotopic (exact) mass is 409 g/mol. The number of benzene rings is 2. The highest BCUT2D eigenvalue weighted by Gasteiger charge is 2.15. The van der Waals surface area contributed by atoms with E-state index in [2.05, 4.69) is 22.4 Å². The number of hydrogen-bond acceptors (Lipinski definition) is 3. The third-order valence-corrected chi connectivity index (χ3v) is 5.23. The van der Waals surface area contributed by atoms with Crippen LogP contribution in [0, 0.1) is 12.7 Å². The Morgan fingerprint density at radius 3 is 2.72 bits per heavy atom. The van der Waals surface area contributed by atoms with Crippen LogP contribution in [0.4, 0.5) is 4.39 Å². The smallest absolute Gasteiger partial charge is 0.125 e. The summed E-state index contributed by atoms with van der Waals surface area (Å²) < 4.78 is 17.1. The molecule has 0 radical (unpaired) electrons. The normalized spacial score (nSPS) is 12.3. The van der Waals surface area contributed by atoms with E-state index in [4.69, 9.17) is 11.6 Å². The Bertz CT molecular complexity index is 1130. The fraction of sp³-hybridized carbons (Fsp3) is 0.182. The van der Waals surface area contributed by atoms with Crippen molar-refractivity contribution in [3.05, 3.63) is 94.8 Å². The van der Waals surface area contributed by atoms with E-state index in [-0.39, 0.29) is 11.9 Å². The first-order chi connectivity index (χ1) is 14.0. The van der Waals surface area contributed by atoms with Crippen LogP contribution >= 0.6 is 11.6 Å². The van der Waals surface area contributed by atoms with Gasteiger partial charge in [0, 0.05) is 35.6 Å². The zero-order chi connectivity index (χ0) is 20.4.